The normalized spacial score (nSPS) is 28.4. The van der Waals surface area contributed by atoms with Crippen molar-refractivity contribution in [2.24, 2.45) is 0 Å². The summed E-state index contributed by atoms with van der Waals surface area (Å²) in [6, 6.07) is 2.63. The Balaban J connectivity index is 1.49. The molecule has 3 aliphatic carbocycles. The third-order valence-electron chi connectivity index (χ3n) is 6.28. The van der Waals surface area contributed by atoms with E-state index < -0.39 is 23.2 Å². The van der Waals surface area contributed by atoms with Gasteiger partial charge in [0.2, 0.25) is 0 Å². The molecule has 0 saturated heterocycles. The van der Waals surface area contributed by atoms with Crippen LogP contribution in [-0.4, -0.2) is 32.3 Å². The van der Waals surface area contributed by atoms with Crippen LogP contribution in [-0.2, 0) is 10.2 Å². The third-order valence-corrected chi connectivity index (χ3v) is 6.28. The SMILES string of the molecule is O=C(OC12CCC(c3cnno3)(CC1)CC2c1cnno1)c1cc(F)cc(F)c1. The summed E-state index contributed by atoms with van der Waals surface area (Å²) in [6.45, 7) is 0. The molecular formula is C19H16F2N4O4. The topological polar surface area (TPSA) is 104 Å². The van der Waals surface area contributed by atoms with E-state index in [9.17, 15) is 13.6 Å². The van der Waals surface area contributed by atoms with Crippen LogP contribution in [0.3, 0.4) is 0 Å². The van der Waals surface area contributed by atoms with Crippen molar-refractivity contribution in [3.05, 3.63) is 59.3 Å². The predicted molar refractivity (Wildman–Crippen MR) is 90.6 cm³/mol. The van der Waals surface area contributed by atoms with Gasteiger partial charge in [-0.1, -0.05) is 0 Å². The molecule has 0 N–H and O–H groups in total. The molecule has 8 nitrogen and oxygen atoms in total. The Kier molecular flexibility index (Phi) is 3.97. The molecule has 3 aromatic rings. The lowest BCUT2D eigenvalue weighted by Gasteiger charge is -2.54. The number of carbonyl (C=O) groups is 1. The third kappa shape index (κ3) is 2.90. The Morgan fingerprint density at radius 3 is 2.31 bits per heavy atom. The number of aromatic nitrogens is 4. The summed E-state index contributed by atoms with van der Waals surface area (Å²) in [6.07, 6.45) is 6.07. The number of hydrogen-bond acceptors (Lipinski definition) is 8. The van der Waals surface area contributed by atoms with Gasteiger partial charge in [-0.05, 0) is 44.2 Å². The Morgan fingerprint density at radius 1 is 1.00 bits per heavy atom. The van der Waals surface area contributed by atoms with Crippen molar-refractivity contribution in [3.8, 4) is 0 Å². The second kappa shape index (κ2) is 6.43. The number of carbonyl (C=O) groups excluding carboxylic acids is 1. The van der Waals surface area contributed by atoms with Gasteiger partial charge in [0, 0.05) is 22.0 Å². The zero-order valence-corrected chi connectivity index (χ0v) is 15.2. The predicted octanol–water partition coefficient (Wildman–Crippen LogP) is 3.33. The lowest BCUT2D eigenvalue weighted by Crippen LogP contribution is -2.55. The fourth-order valence-corrected chi connectivity index (χ4v) is 4.81. The molecule has 3 aliphatic rings. The molecule has 0 spiro atoms. The van der Waals surface area contributed by atoms with Crippen LogP contribution < -0.4 is 0 Å². The minimum absolute atomic E-state index is 0.173. The number of rotatable bonds is 4. The van der Waals surface area contributed by atoms with Gasteiger partial charge < -0.3 is 13.8 Å². The first-order valence-corrected chi connectivity index (χ1v) is 9.24. The molecule has 150 valence electrons. The van der Waals surface area contributed by atoms with E-state index in [0.717, 1.165) is 12.1 Å². The Morgan fingerprint density at radius 2 is 1.69 bits per heavy atom. The van der Waals surface area contributed by atoms with E-state index in [1.807, 2.05) is 0 Å². The molecular weight excluding hydrogens is 386 g/mol. The highest BCUT2D eigenvalue weighted by molar-refractivity contribution is 5.89. The molecule has 3 fully saturated rings. The molecule has 3 saturated carbocycles. The minimum Gasteiger partial charge on any atom is -0.455 e. The van der Waals surface area contributed by atoms with Gasteiger partial charge in [-0.3, -0.25) is 0 Å². The molecule has 0 aliphatic heterocycles. The number of nitrogens with zero attached hydrogens (tertiary/aromatic N) is 4. The molecule has 10 heteroatoms. The van der Waals surface area contributed by atoms with Crippen LogP contribution in [0.1, 0.15) is 59.9 Å². The van der Waals surface area contributed by atoms with Gasteiger partial charge in [0.25, 0.3) is 0 Å². The van der Waals surface area contributed by atoms with E-state index >= 15 is 0 Å². The average molecular weight is 402 g/mol. The molecule has 1 unspecified atom stereocenters. The van der Waals surface area contributed by atoms with Gasteiger partial charge >= 0.3 is 5.97 Å². The Labute approximate surface area is 163 Å². The van der Waals surface area contributed by atoms with Crippen molar-refractivity contribution >= 4 is 5.97 Å². The van der Waals surface area contributed by atoms with Crippen LogP contribution in [0.15, 0.2) is 39.6 Å². The number of ether oxygens (including phenoxy) is 1. The van der Waals surface area contributed by atoms with Gasteiger partial charge in [0.1, 0.15) is 17.2 Å². The quantitative estimate of drug-likeness (QED) is 0.612. The lowest BCUT2D eigenvalue weighted by molar-refractivity contribution is -0.108. The highest BCUT2D eigenvalue weighted by Crippen LogP contribution is 2.60. The maximum atomic E-state index is 13.6. The maximum absolute atomic E-state index is 13.6. The van der Waals surface area contributed by atoms with Crippen molar-refractivity contribution in [1.29, 1.82) is 0 Å². The Hall–Kier alpha value is -3.17. The molecule has 2 heterocycles. The largest absolute Gasteiger partial charge is 0.455 e. The fraction of sp³-hybridized carbons (Fsp3) is 0.421. The van der Waals surface area contributed by atoms with Crippen LogP contribution in [0.5, 0.6) is 0 Å². The van der Waals surface area contributed by atoms with E-state index in [-0.39, 0.29) is 16.9 Å². The molecule has 1 atom stereocenters. The van der Waals surface area contributed by atoms with Crippen LogP contribution >= 0.6 is 0 Å². The maximum Gasteiger partial charge on any atom is 0.338 e. The van der Waals surface area contributed by atoms with Crippen molar-refractivity contribution in [3.63, 3.8) is 0 Å². The summed E-state index contributed by atoms with van der Waals surface area (Å²) in [5.74, 6) is -1.63. The number of fused-ring (bicyclic) bond motifs is 3. The molecule has 0 amide bonds. The van der Waals surface area contributed by atoms with Crippen molar-refractivity contribution in [2.45, 2.75) is 49.0 Å². The zero-order valence-electron chi connectivity index (χ0n) is 15.2. The van der Waals surface area contributed by atoms with Gasteiger partial charge in [-0.2, -0.15) is 0 Å². The first kappa shape index (κ1) is 17.9. The van der Waals surface area contributed by atoms with Gasteiger partial charge in [-0.15, -0.1) is 10.2 Å². The molecule has 2 bridgehead atoms. The van der Waals surface area contributed by atoms with E-state index in [2.05, 4.69) is 20.7 Å². The van der Waals surface area contributed by atoms with Crippen molar-refractivity contribution < 1.29 is 27.4 Å². The van der Waals surface area contributed by atoms with Crippen LogP contribution in [0.25, 0.3) is 0 Å². The molecule has 6 rings (SSSR count). The highest BCUT2D eigenvalue weighted by atomic mass is 19.1. The summed E-state index contributed by atoms with van der Waals surface area (Å²) < 4.78 is 43.7. The highest BCUT2D eigenvalue weighted by Gasteiger charge is 2.60. The molecule has 2 aromatic heterocycles. The minimum atomic E-state index is -0.893. The second-order valence-electron chi connectivity index (χ2n) is 7.75. The fourth-order valence-electron chi connectivity index (χ4n) is 4.81. The molecule has 0 radical (unpaired) electrons. The smallest absolute Gasteiger partial charge is 0.338 e. The van der Waals surface area contributed by atoms with E-state index in [0.29, 0.717) is 49.7 Å². The standard InChI is InChI=1S/C19H16F2N4O4/c20-12-5-11(6-13(21)7-12)17(26)27-19-3-1-18(2-4-19,16-10-23-25-29-16)8-14(19)15-9-22-24-28-15/h5-7,9-10,14H,1-4,8H2. The second-order valence-corrected chi connectivity index (χ2v) is 7.75. The number of esters is 1. The Bertz CT molecular complexity index is 1010. The van der Waals surface area contributed by atoms with E-state index in [1.165, 1.54) is 6.20 Å². The van der Waals surface area contributed by atoms with E-state index in [4.69, 9.17) is 13.8 Å². The average Bonchev–Trinajstić information content (AvgIpc) is 3.42. The van der Waals surface area contributed by atoms with E-state index in [1.54, 1.807) is 6.20 Å². The van der Waals surface area contributed by atoms with Crippen molar-refractivity contribution in [1.82, 2.24) is 20.7 Å². The van der Waals surface area contributed by atoms with Crippen LogP contribution in [0, 0.1) is 11.6 Å². The summed E-state index contributed by atoms with van der Waals surface area (Å²) in [4.78, 5) is 12.8. The first-order valence-electron chi connectivity index (χ1n) is 9.24. The van der Waals surface area contributed by atoms with Crippen LogP contribution in [0.2, 0.25) is 0 Å². The number of hydrogen-bond donors (Lipinski definition) is 0. The summed E-state index contributed by atoms with van der Waals surface area (Å²) in [7, 11) is 0. The first-order chi connectivity index (χ1) is 14.0. The van der Waals surface area contributed by atoms with Gasteiger partial charge in [0.05, 0.1) is 23.9 Å². The van der Waals surface area contributed by atoms with Crippen LogP contribution in [0.4, 0.5) is 8.78 Å². The monoisotopic (exact) mass is 402 g/mol. The van der Waals surface area contributed by atoms with Gasteiger partial charge in [0.15, 0.2) is 11.5 Å². The lowest BCUT2D eigenvalue weighted by atomic mass is 9.53. The summed E-state index contributed by atoms with van der Waals surface area (Å²) in [5.41, 5.74) is -1.37. The number of halogens is 2. The van der Waals surface area contributed by atoms with Crippen molar-refractivity contribution in [2.75, 3.05) is 0 Å². The zero-order chi connectivity index (χ0) is 20.1. The summed E-state index contributed by atoms with van der Waals surface area (Å²) in [5, 5.41) is 14.7. The summed E-state index contributed by atoms with van der Waals surface area (Å²) >= 11 is 0. The molecule has 29 heavy (non-hydrogen) atoms. The molecule has 1 aromatic carbocycles. The van der Waals surface area contributed by atoms with Gasteiger partial charge in [-0.25, -0.2) is 13.6 Å². The number of benzene rings is 1.